The molecule has 2 atom stereocenters. The Balaban J connectivity index is 2.06. The third-order valence-electron chi connectivity index (χ3n) is 3.49. The number of hydrogen-bond donors (Lipinski definition) is 2. The summed E-state index contributed by atoms with van der Waals surface area (Å²) in [6.45, 7) is 3.19. The van der Waals surface area contributed by atoms with Gasteiger partial charge >= 0.3 is 6.03 Å². The van der Waals surface area contributed by atoms with Crippen molar-refractivity contribution in [2.75, 3.05) is 33.4 Å². The van der Waals surface area contributed by atoms with Gasteiger partial charge < -0.3 is 15.8 Å². The first-order chi connectivity index (χ1) is 9.10. The zero-order valence-corrected chi connectivity index (χ0v) is 11.4. The van der Waals surface area contributed by atoms with Crippen molar-refractivity contribution in [1.29, 1.82) is 0 Å². The van der Waals surface area contributed by atoms with Crippen LogP contribution in [0.4, 0.5) is 4.79 Å². The van der Waals surface area contributed by atoms with E-state index < -0.39 is 6.03 Å². The maximum absolute atomic E-state index is 11.1. The number of carbonyl (C=O) groups excluding carboxylic acids is 1. The van der Waals surface area contributed by atoms with Gasteiger partial charge in [-0.25, -0.2) is 4.79 Å². The van der Waals surface area contributed by atoms with E-state index in [2.05, 4.69) is 15.3 Å². The highest BCUT2D eigenvalue weighted by molar-refractivity contribution is 5.72. The predicted octanol–water partition coefficient (Wildman–Crippen LogP) is -0.497. The second-order valence-electron chi connectivity index (χ2n) is 4.92. The Labute approximate surface area is 112 Å². The van der Waals surface area contributed by atoms with Gasteiger partial charge in [-0.05, 0) is 5.56 Å². The first kappa shape index (κ1) is 13.8. The normalized spacial score (nSPS) is 23.7. The van der Waals surface area contributed by atoms with E-state index in [9.17, 15) is 4.79 Å². The van der Waals surface area contributed by atoms with E-state index in [-0.39, 0.29) is 12.0 Å². The number of amides is 2. The predicted molar refractivity (Wildman–Crippen MR) is 70.8 cm³/mol. The van der Waals surface area contributed by atoms with Crippen molar-refractivity contribution >= 4 is 6.03 Å². The summed E-state index contributed by atoms with van der Waals surface area (Å²) in [4.78, 5) is 13.4. The van der Waals surface area contributed by atoms with Gasteiger partial charge in [0.15, 0.2) is 0 Å². The maximum atomic E-state index is 11.1. The summed E-state index contributed by atoms with van der Waals surface area (Å²) in [5, 5.41) is 7.02. The van der Waals surface area contributed by atoms with Gasteiger partial charge in [0.1, 0.15) is 0 Å². The van der Waals surface area contributed by atoms with Crippen LogP contribution >= 0.6 is 0 Å². The van der Waals surface area contributed by atoms with Crippen LogP contribution in [0.25, 0.3) is 0 Å². The van der Waals surface area contributed by atoms with Gasteiger partial charge in [0.2, 0.25) is 0 Å². The van der Waals surface area contributed by atoms with Gasteiger partial charge in [-0.15, -0.1) is 0 Å². The largest absolute Gasteiger partial charge is 0.383 e. The molecular weight excluding hydrogens is 246 g/mol. The number of aromatic nitrogens is 2. The number of carbonyl (C=O) groups is 1. The van der Waals surface area contributed by atoms with E-state index in [1.165, 1.54) is 0 Å². The SMILES string of the molecule is COCCN1C[C@@H](NC(N)=O)[C@H](c2cnn(C)c2)C1. The molecule has 0 bridgehead atoms. The molecule has 0 saturated carbocycles. The van der Waals surface area contributed by atoms with Crippen LogP contribution in [0.5, 0.6) is 0 Å². The molecule has 0 aromatic carbocycles. The number of aryl methyl sites for hydroxylation is 1. The number of primary amides is 1. The lowest BCUT2D eigenvalue weighted by Crippen LogP contribution is -2.42. The fourth-order valence-corrected chi connectivity index (χ4v) is 2.59. The van der Waals surface area contributed by atoms with E-state index in [1.54, 1.807) is 11.8 Å². The molecule has 1 fully saturated rings. The zero-order valence-electron chi connectivity index (χ0n) is 11.4. The molecule has 3 N–H and O–H groups in total. The Morgan fingerprint density at radius 3 is 3.00 bits per heavy atom. The summed E-state index contributed by atoms with van der Waals surface area (Å²) in [5.41, 5.74) is 6.38. The van der Waals surface area contributed by atoms with Gasteiger partial charge in [0.25, 0.3) is 0 Å². The standard InChI is InChI=1S/C12H21N5O2/c1-16-6-9(5-14-16)10-7-17(3-4-19-2)8-11(10)15-12(13)18/h5-6,10-11H,3-4,7-8H2,1-2H3,(H3,13,15,18)/t10-,11+/m0/s1. The molecule has 0 aliphatic carbocycles. The van der Waals surface area contributed by atoms with Crippen molar-refractivity contribution in [3.8, 4) is 0 Å². The molecule has 7 nitrogen and oxygen atoms in total. The van der Waals surface area contributed by atoms with Crippen molar-refractivity contribution in [3.63, 3.8) is 0 Å². The fourth-order valence-electron chi connectivity index (χ4n) is 2.59. The van der Waals surface area contributed by atoms with Gasteiger partial charge in [-0.1, -0.05) is 0 Å². The molecule has 2 rings (SSSR count). The Morgan fingerprint density at radius 1 is 1.63 bits per heavy atom. The van der Waals surface area contributed by atoms with Crippen LogP contribution in [0.2, 0.25) is 0 Å². The monoisotopic (exact) mass is 267 g/mol. The van der Waals surface area contributed by atoms with E-state index in [0.717, 1.165) is 25.2 Å². The summed E-state index contributed by atoms with van der Waals surface area (Å²) in [5.74, 6) is 0.220. The lowest BCUT2D eigenvalue weighted by atomic mass is 9.97. The summed E-state index contributed by atoms with van der Waals surface area (Å²) < 4.78 is 6.87. The molecule has 2 amide bonds. The fraction of sp³-hybridized carbons (Fsp3) is 0.667. The molecular formula is C12H21N5O2. The number of ether oxygens (including phenoxy) is 1. The van der Waals surface area contributed by atoms with E-state index >= 15 is 0 Å². The minimum atomic E-state index is -0.479. The number of nitrogens with zero attached hydrogens (tertiary/aromatic N) is 3. The number of nitrogens with two attached hydrogens (primary N) is 1. The van der Waals surface area contributed by atoms with Gasteiger partial charge in [-0.2, -0.15) is 5.10 Å². The highest BCUT2D eigenvalue weighted by atomic mass is 16.5. The molecule has 19 heavy (non-hydrogen) atoms. The quantitative estimate of drug-likeness (QED) is 0.753. The van der Waals surface area contributed by atoms with Crippen LogP contribution in [-0.2, 0) is 11.8 Å². The minimum Gasteiger partial charge on any atom is -0.383 e. The van der Waals surface area contributed by atoms with Crippen molar-refractivity contribution in [2.24, 2.45) is 12.8 Å². The van der Waals surface area contributed by atoms with Crippen molar-refractivity contribution in [3.05, 3.63) is 18.0 Å². The molecule has 1 aromatic rings. The zero-order chi connectivity index (χ0) is 13.8. The summed E-state index contributed by atoms with van der Waals surface area (Å²) in [7, 11) is 3.57. The molecule has 2 heterocycles. The average Bonchev–Trinajstić information content (AvgIpc) is 2.92. The summed E-state index contributed by atoms with van der Waals surface area (Å²) >= 11 is 0. The first-order valence-corrected chi connectivity index (χ1v) is 6.36. The Morgan fingerprint density at radius 2 is 2.42 bits per heavy atom. The van der Waals surface area contributed by atoms with Gasteiger partial charge in [0, 0.05) is 45.9 Å². The highest BCUT2D eigenvalue weighted by Crippen LogP contribution is 2.27. The van der Waals surface area contributed by atoms with E-state index in [4.69, 9.17) is 10.5 Å². The topological polar surface area (TPSA) is 85.4 Å². The lowest BCUT2D eigenvalue weighted by molar-refractivity contribution is 0.159. The second kappa shape index (κ2) is 6.03. The van der Waals surface area contributed by atoms with E-state index in [1.807, 2.05) is 19.4 Å². The van der Waals surface area contributed by atoms with Crippen LogP contribution in [-0.4, -0.2) is 60.1 Å². The summed E-state index contributed by atoms with van der Waals surface area (Å²) in [6, 6.07) is -0.453. The van der Waals surface area contributed by atoms with Gasteiger partial charge in [0.05, 0.1) is 18.8 Å². The molecule has 7 heteroatoms. The molecule has 0 radical (unpaired) electrons. The number of rotatable bonds is 5. The van der Waals surface area contributed by atoms with Crippen LogP contribution in [0.1, 0.15) is 11.5 Å². The highest BCUT2D eigenvalue weighted by Gasteiger charge is 2.34. The number of likely N-dealkylation sites (tertiary alicyclic amines) is 1. The van der Waals surface area contributed by atoms with Crippen LogP contribution in [0.15, 0.2) is 12.4 Å². The third-order valence-corrected chi connectivity index (χ3v) is 3.49. The molecule has 1 aliphatic rings. The molecule has 0 spiro atoms. The van der Waals surface area contributed by atoms with Crippen LogP contribution in [0, 0.1) is 0 Å². The van der Waals surface area contributed by atoms with E-state index in [0.29, 0.717) is 6.61 Å². The number of methoxy groups -OCH3 is 1. The van der Waals surface area contributed by atoms with Crippen molar-refractivity contribution in [1.82, 2.24) is 20.0 Å². The molecule has 1 aliphatic heterocycles. The molecule has 106 valence electrons. The van der Waals surface area contributed by atoms with Crippen molar-refractivity contribution < 1.29 is 9.53 Å². The Hall–Kier alpha value is -1.60. The molecule has 0 unspecified atom stereocenters. The lowest BCUT2D eigenvalue weighted by Gasteiger charge is -2.17. The molecule has 1 aromatic heterocycles. The third kappa shape index (κ3) is 3.45. The smallest absolute Gasteiger partial charge is 0.312 e. The van der Waals surface area contributed by atoms with Crippen molar-refractivity contribution in [2.45, 2.75) is 12.0 Å². The number of nitrogens with one attached hydrogen (secondary N) is 1. The summed E-state index contributed by atoms with van der Waals surface area (Å²) in [6.07, 6.45) is 3.83. The van der Waals surface area contributed by atoms with Crippen LogP contribution < -0.4 is 11.1 Å². The second-order valence-corrected chi connectivity index (χ2v) is 4.92. The molecule has 1 saturated heterocycles. The number of urea groups is 1. The Kier molecular flexibility index (Phi) is 4.39. The maximum Gasteiger partial charge on any atom is 0.312 e. The Bertz CT molecular complexity index is 434. The van der Waals surface area contributed by atoms with Crippen LogP contribution in [0.3, 0.4) is 0 Å². The minimum absolute atomic E-state index is 0.0264. The average molecular weight is 267 g/mol. The number of hydrogen-bond acceptors (Lipinski definition) is 4. The van der Waals surface area contributed by atoms with Gasteiger partial charge in [-0.3, -0.25) is 9.58 Å². The first-order valence-electron chi connectivity index (χ1n) is 6.36.